The Hall–Kier alpha value is -1.27. The van der Waals surface area contributed by atoms with Gasteiger partial charge in [-0.3, -0.25) is 0 Å². The van der Waals surface area contributed by atoms with Crippen LogP contribution in [0.15, 0.2) is 17.5 Å². The van der Waals surface area contributed by atoms with Crippen LogP contribution >= 0.6 is 11.3 Å². The Bertz CT molecular complexity index is 460. The lowest BCUT2D eigenvalue weighted by atomic mass is 9.91. The molecule has 0 aliphatic carbocycles. The van der Waals surface area contributed by atoms with Gasteiger partial charge in [-0.2, -0.15) is 4.80 Å². The van der Waals surface area contributed by atoms with Crippen LogP contribution in [0.4, 0.5) is 0 Å². The summed E-state index contributed by atoms with van der Waals surface area (Å²) in [5.74, 6) is 0.731. The van der Waals surface area contributed by atoms with Gasteiger partial charge in [-0.1, -0.05) is 19.9 Å². The molecule has 0 aromatic carbocycles. The Labute approximate surface area is 105 Å². The van der Waals surface area contributed by atoms with Gasteiger partial charge in [0.15, 0.2) is 5.82 Å². The van der Waals surface area contributed by atoms with Gasteiger partial charge in [0.05, 0.1) is 13.6 Å². The van der Waals surface area contributed by atoms with Gasteiger partial charge in [0, 0.05) is 16.8 Å². The van der Waals surface area contributed by atoms with Gasteiger partial charge in [-0.05, 0) is 16.7 Å². The fraction of sp³-hybridized carbons (Fsp3) is 0.545. The van der Waals surface area contributed by atoms with E-state index in [0.717, 1.165) is 12.4 Å². The molecule has 0 atom stereocenters. The number of nitrogens with one attached hydrogen (secondary N) is 1. The molecule has 0 saturated heterocycles. The second-order valence-corrected chi connectivity index (χ2v) is 5.61. The van der Waals surface area contributed by atoms with Crippen molar-refractivity contribution in [2.75, 3.05) is 6.54 Å². The average molecular weight is 251 g/mol. The lowest BCUT2D eigenvalue weighted by Gasteiger charge is -2.23. The number of thiophene rings is 1. The van der Waals surface area contributed by atoms with Crippen LogP contribution in [-0.4, -0.2) is 26.8 Å². The lowest BCUT2D eigenvalue weighted by Crippen LogP contribution is -2.32. The van der Waals surface area contributed by atoms with Crippen molar-refractivity contribution < 1.29 is 0 Å². The normalized spacial score (nSPS) is 11.9. The summed E-state index contributed by atoms with van der Waals surface area (Å²) in [4.78, 5) is 2.86. The molecule has 0 saturated carbocycles. The standard InChI is InChI=1S/C11H17N5S/c1-11(2,9-5-4-6-17-9)8-12-7-10-13-15-16(3)14-10/h4-6,12H,7-8H2,1-3H3. The second-order valence-electron chi connectivity index (χ2n) is 4.66. The van der Waals surface area contributed by atoms with Crippen LogP contribution < -0.4 is 5.32 Å². The molecule has 0 aliphatic heterocycles. The van der Waals surface area contributed by atoms with E-state index in [1.807, 2.05) is 0 Å². The molecule has 0 amide bonds. The Morgan fingerprint density at radius 3 is 2.88 bits per heavy atom. The van der Waals surface area contributed by atoms with Crippen molar-refractivity contribution in [3.63, 3.8) is 0 Å². The molecule has 6 heteroatoms. The molecule has 0 radical (unpaired) electrons. The van der Waals surface area contributed by atoms with Gasteiger partial charge in [-0.25, -0.2) is 0 Å². The minimum absolute atomic E-state index is 0.135. The predicted molar refractivity (Wildman–Crippen MR) is 67.8 cm³/mol. The highest BCUT2D eigenvalue weighted by Crippen LogP contribution is 2.26. The number of nitrogens with zero attached hydrogens (tertiary/aromatic N) is 4. The third-order valence-electron chi connectivity index (χ3n) is 2.59. The molecule has 0 fully saturated rings. The summed E-state index contributed by atoms with van der Waals surface area (Å²) >= 11 is 1.79. The molecular formula is C11H17N5S. The van der Waals surface area contributed by atoms with Crippen molar-refractivity contribution in [1.29, 1.82) is 0 Å². The van der Waals surface area contributed by atoms with Gasteiger partial charge >= 0.3 is 0 Å². The first-order valence-corrected chi connectivity index (χ1v) is 6.43. The van der Waals surface area contributed by atoms with E-state index in [1.54, 1.807) is 18.4 Å². The van der Waals surface area contributed by atoms with Crippen LogP contribution in [0.25, 0.3) is 0 Å². The number of aryl methyl sites for hydroxylation is 1. The van der Waals surface area contributed by atoms with Gasteiger partial charge in [0.1, 0.15) is 0 Å². The Morgan fingerprint density at radius 2 is 2.29 bits per heavy atom. The highest BCUT2D eigenvalue weighted by molar-refractivity contribution is 7.10. The van der Waals surface area contributed by atoms with Crippen LogP contribution in [0, 0.1) is 0 Å². The first-order valence-electron chi connectivity index (χ1n) is 5.55. The van der Waals surface area contributed by atoms with Crippen LogP contribution in [0.3, 0.4) is 0 Å². The summed E-state index contributed by atoms with van der Waals surface area (Å²) in [6.07, 6.45) is 0. The largest absolute Gasteiger partial charge is 0.309 e. The van der Waals surface area contributed by atoms with Crippen LogP contribution in [-0.2, 0) is 19.0 Å². The molecule has 0 spiro atoms. The Kier molecular flexibility index (Phi) is 3.54. The van der Waals surface area contributed by atoms with Crippen LogP contribution in [0.2, 0.25) is 0 Å². The maximum absolute atomic E-state index is 4.13. The molecule has 0 unspecified atom stereocenters. The quantitative estimate of drug-likeness (QED) is 0.871. The summed E-state index contributed by atoms with van der Waals surface area (Å²) in [6.45, 7) is 6.01. The second kappa shape index (κ2) is 4.93. The Balaban J connectivity index is 1.86. The predicted octanol–water partition coefficient (Wildman–Crippen LogP) is 1.34. The molecule has 2 aromatic rings. The van der Waals surface area contributed by atoms with Crippen molar-refractivity contribution in [2.24, 2.45) is 7.05 Å². The molecule has 5 nitrogen and oxygen atoms in total. The van der Waals surface area contributed by atoms with Crippen molar-refractivity contribution in [3.8, 4) is 0 Å². The third-order valence-corrected chi connectivity index (χ3v) is 3.82. The van der Waals surface area contributed by atoms with Gasteiger partial charge < -0.3 is 5.32 Å². The smallest absolute Gasteiger partial charge is 0.188 e. The van der Waals surface area contributed by atoms with Crippen molar-refractivity contribution in [2.45, 2.75) is 25.8 Å². The molecule has 0 bridgehead atoms. The van der Waals surface area contributed by atoms with E-state index in [0.29, 0.717) is 6.54 Å². The van der Waals surface area contributed by atoms with E-state index in [1.165, 1.54) is 9.67 Å². The summed E-state index contributed by atoms with van der Waals surface area (Å²) in [7, 11) is 1.77. The van der Waals surface area contributed by atoms with Gasteiger partial charge in [0.25, 0.3) is 0 Å². The Morgan fingerprint density at radius 1 is 1.47 bits per heavy atom. The van der Waals surface area contributed by atoms with Crippen molar-refractivity contribution in [1.82, 2.24) is 25.5 Å². The number of aromatic nitrogens is 4. The number of tetrazole rings is 1. The van der Waals surface area contributed by atoms with E-state index in [2.05, 4.69) is 52.1 Å². The molecule has 2 heterocycles. The number of hydrogen-bond donors (Lipinski definition) is 1. The van der Waals surface area contributed by atoms with E-state index in [-0.39, 0.29) is 5.41 Å². The number of hydrogen-bond acceptors (Lipinski definition) is 5. The van der Waals surface area contributed by atoms with Gasteiger partial charge in [0.2, 0.25) is 0 Å². The summed E-state index contributed by atoms with van der Waals surface area (Å²) in [5.41, 5.74) is 0.135. The van der Waals surface area contributed by atoms with E-state index in [9.17, 15) is 0 Å². The highest BCUT2D eigenvalue weighted by Gasteiger charge is 2.21. The van der Waals surface area contributed by atoms with E-state index in [4.69, 9.17) is 0 Å². The number of rotatable bonds is 5. The van der Waals surface area contributed by atoms with Crippen molar-refractivity contribution >= 4 is 11.3 Å². The maximum Gasteiger partial charge on any atom is 0.188 e. The molecular weight excluding hydrogens is 234 g/mol. The molecule has 2 aromatic heterocycles. The zero-order chi connectivity index (χ0) is 12.3. The zero-order valence-electron chi connectivity index (χ0n) is 10.3. The first kappa shape index (κ1) is 12.2. The van der Waals surface area contributed by atoms with Crippen molar-refractivity contribution in [3.05, 3.63) is 28.2 Å². The first-order chi connectivity index (χ1) is 8.08. The topological polar surface area (TPSA) is 55.6 Å². The monoisotopic (exact) mass is 251 g/mol. The van der Waals surface area contributed by atoms with Gasteiger partial charge in [-0.15, -0.1) is 21.5 Å². The molecule has 1 N–H and O–H groups in total. The summed E-state index contributed by atoms with van der Waals surface area (Å²) < 4.78 is 0. The third kappa shape index (κ3) is 3.10. The van der Waals surface area contributed by atoms with Crippen LogP contribution in [0.1, 0.15) is 24.5 Å². The van der Waals surface area contributed by atoms with E-state index < -0.39 is 0 Å². The molecule has 17 heavy (non-hydrogen) atoms. The molecule has 0 aliphatic rings. The minimum Gasteiger partial charge on any atom is -0.309 e. The maximum atomic E-state index is 4.13. The summed E-state index contributed by atoms with van der Waals surface area (Å²) in [6, 6.07) is 4.26. The SMILES string of the molecule is Cn1nnc(CNCC(C)(C)c2cccs2)n1. The summed E-state index contributed by atoms with van der Waals surface area (Å²) in [5, 5.41) is 17.4. The van der Waals surface area contributed by atoms with Crippen LogP contribution in [0.5, 0.6) is 0 Å². The highest BCUT2D eigenvalue weighted by atomic mass is 32.1. The lowest BCUT2D eigenvalue weighted by molar-refractivity contribution is 0.471. The minimum atomic E-state index is 0.135. The fourth-order valence-electron chi connectivity index (χ4n) is 1.63. The molecule has 2 rings (SSSR count). The zero-order valence-corrected chi connectivity index (χ0v) is 11.2. The van der Waals surface area contributed by atoms with E-state index >= 15 is 0 Å². The average Bonchev–Trinajstić information content (AvgIpc) is 2.89. The fourth-order valence-corrected chi connectivity index (χ4v) is 2.48. The molecule has 92 valence electrons.